The monoisotopic (exact) mass is 156 g/mol. The number of nitrogens with zero attached hydrogens (tertiary/aromatic N) is 1. The summed E-state index contributed by atoms with van der Waals surface area (Å²) in [4.78, 5) is 13.2. The number of ketones is 1. The van der Waals surface area contributed by atoms with Crippen LogP contribution in [0.5, 0.6) is 0 Å². The molecule has 11 heavy (non-hydrogen) atoms. The third-order valence-electron chi connectivity index (χ3n) is 2.38. The van der Waals surface area contributed by atoms with Gasteiger partial charge in [-0.2, -0.15) is 0 Å². The topological polar surface area (TPSA) is 46.3 Å². The highest BCUT2D eigenvalue weighted by Crippen LogP contribution is 2.15. The van der Waals surface area contributed by atoms with Crippen LogP contribution >= 0.6 is 0 Å². The number of likely N-dealkylation sites (tertiary alicyclic amines) is 1. The van der Waals surface area contributed by atoms with Crippen LogP contribution < -0.4 is 5.73 Å². The molecule has 0 amide bonds. The lowest BCUT2D eigenvalue weighted by Crippen LogP contribution is -2.49. The SMILES string of the molecule is CC(=O)C1CCN(C)C[C@@H]1N. The predicted octanol–water partition coefficient (Wildman–Crippen LogP) is -0.146. The number of rotatable bonds is 1. The van der Waals surface area contributed by atoms with E-state index in [4.69, 9.17) is 5.73 Å². The van der Waals surface area contributed by atoms with Crippen molar-refractivity contribution in [1.29, 1.82) is 0 Å². The van der Waals surface area contributed by atoms with Crippen LogP contribution in [0.4, 0.5) is 0 Å². The molecule has 1 heterocycles. The normalized spacial score (nSPS) is 33.7. The van der Waals surface area contributed by atoms with E-state index in [9.17, 15) is 4.79 Å². The van der Waals surface area contributed by atoms with Gasteiger partial charge >= 0.3 is 0 Å². The highest BCUT2D eigenvalue weighted by molar-refractivity contribution is 5.79. The Kier molecular flexibility index (Phi) is 2.62. The van der Waals surface area contributed by atoms with E-state index in [1.54, 1.807) is 6.92 Å². The second-order valence-corrected chi connectivity index (χ2v) is 3.43. The lowest BCUT2D eigenvalue weighted by molar-refractivity contribution is -0.122. The summed E-state index contributed by atoms with van der Waals surface area (Å²) in [5.74, 6) is 0.344. The minimum absolute atomic E-state index is 0.0475. The van der Waals surface area contributed by atoms with Gasteiger partial charge in [0.25, 0.3) is 0 Å². The van der Waals surface area contributed by atoms with Gasteiger partial charge in [0.2, 0.25) is 0 Å². The summed E-state index contributed by atoms with van der Waals surface area (Å²) < 4.78 is 0. The molecule has 0 bridgehead atoms. The Hall–Kier alpha value is -0.410. The van der Waals surface area contributed by atoms with Crippen molar-refractivity contribution >= 4 is 5.78 Å². The number of Topliss-reactive ketones (excluding diaryl/α,β-unsaturated/α-hetero) is 1. The maximum Gasteiger partial charge on any atom is 0.134 e. The van der Waals surface area contributed by atoms with Crippen LogP contribution in [0.15, 0.2) is 0 Å². The van der Waals surface area contributed by atoms with Crippen LogP contribution in [0.1, 0.15) is 13.3 Å². The molecule has 0 aromatic rings. The van der Waals surface area contributed by atoms with E-state index < -0.39 is 0 Å². The number of hydrogen-bond acceptors (Lipinski definition) is 3. The summed E-state index contributed by atoms with van der Waals surface area (Å²) in [7, 11) is 2.04. The van der Waals surface area contributed by atoms with Gasteiger partial charge in [-0.1, -0.05) is 0 Å². The van der Waals surface area contributed by atoms with Gasteiger partial charge in [-0.05, 0) is 26.9 Å². The van der Waals surface area contributed by atoms with Gasteiger partial charge in [0.15, 0.2) is 0 Å². The van der Waals surface area contributed by atoms with E-state index in [1.807, 2.05) is 7.05 Å². The quantitative estimate of drug-likeness (QED) is 0.574. The van der Waals surface area contributed by atoms with Crippen molar-refractivity contribution < 1.29 is 4.79 Å². The fourth-order valence-electron chi connectivity index (χ4n) is 1.66. The summed E-state index contributed by atoms with van der Waals surface area (Å²) in [6.07, 6.45) is 0.924. The van der Waals surface area contributed by atoms with E-state index in [0.717, 1.165) is 19.5 Å². The molecule has 1 aliphatic rings. The fourth-order valence-corrected chi connectivity index (χ4v) is 1.66. The predicted molar refractivity (Wildman–Crippen MR) is 44.3 cm³/mol. The summed E-state index contributed by atoms with van der Waals surface area (Å²) >= 11 is 0. The molecule has 3 nitrogen and oxygen atoms in total. The molecule has 3 heteroatoms. The minimum Gasteiger partial charge on any atom is -0.326 e. The Bertz CT molecular complexity index is 158. The smallest absolute Gasteiger partial charge is 0.134 e. The first kappa shape index (κ1) is 8.68. The van der Waals surface area contributed by atoms with E-state index >= 15 is 0 Å². The van der Waals surface area contributed by atoms with Gasteiger partial charge in [-0.3, -0.25) is 4.79 Å². The third-order valence-corrected chi connectivity index (χ3v) is 2.38. The first-order valence-corrected chi connectivity index (χ1v) is 4.06. The van der Waals surface area contributed by atoms with Crippen LogP contribution in [0, 0.1) is 5.92 Å². The fraction of sp³-hybridized carbons (Fsp3) is 0.875. The van der Waals surface area contributed by atoms with Crippen molar-refractivity contribution in [2.24, 2.45) is 11.7 Å². The van der Waals surface area contributed by atoms with Crippen molar-refractivity contribution in [3.05, 3.63) is 0 Å². The lowest BCUT2D eigenvalue weighted by atomic mass is 9.89. The zero-order valence-electron chi connectivity index (χ0n) is 7.21. The van der Waals surface area contributed by atoms with Crippen molar-refractivity contribution in [3.8, 4) is 0 Å². The number of carbonyl (C=O) groups is 1. The van der Waals surface area contributed by atoms with E-state index in [-0.39, 0.29) is 17.7 Å². The Morgan fingerprint density at radius 3 is 2.73 bits per heavy atom. The molecular formula is C8H16N2O. The first-order chi connectivity index (χ1) is 5.11. The second kappa shape index (κ2) is 3.32. The van der Waals surface area contributed by atoms with Crippen molar-refractivity contribution in [2.75, 3.05) is 20.1 Å². The van der Waals surface area contributed by atoms with Crippen LogP contribution in [-0.4, -0.2) is 36.9 Å². The van der Waals surface area contributed by atoms with E-state index in [1.165, 1.54) is 0 Å². The molecule has 0 radical (unpaired) electrons. The zero-order chi connectivity index (χ0) is 8.43. The number of nitrogens with two attached hydrogens (primary N) is 1. The molecule has 0 spiro atoms. The molecule has 0 aromatic heterocycles. The molecule has 2 atom stereocenters. The molecule has 1 rings (SSSR count). The van der Waals surface area contributed by atoms with Crippen molar-refractivity contribution in [2.45, 2.75) is 19.4 Å². The average molecular weight is 156 g/mol. The lowest BCUT2D eigenvalue weighted by Gasteiger charge is -2.32. The van der Waals surface area contributed by atoms with Crippen molar-refractivity contribution in [1.82, 2.24) is 4.90 Å². The standard InChI is InChI=1S/C8H16N2O/c1-6(11)7-3-4-10(2)5-8(7)9/h7-8H,3-5,9H2,1-2H3/t7?,8-/m0/s1. The van der Waals surface area contributed by atoms with Gasteiger partial charge < -0.3 is 10.6 Å². The van der Waals surface area contributed by atoms with Crippen LogP contribution in [0.25, 0.3) is 0 Å². The van der Waals surface area contributed by atoms with E-state index in [0.29, 0.717) is 0 Å². The van der Waals surface area contributed by atoms with Crippen LogP contribution in [0.2, 0.25) is 0 Å². The number of hydrogen-bond donors (Lipinski definition) is 1. The Labute approximate surface area is 67.5 Å². The summed E-state index contributed by atoms with van der Waals surface area (Å²) in [5, 5.41) is 0. The first-order valence-electron chi connectivity index (χ1n) is 4.06. The molecule has 1 fully saturated rings. The summed E-state index contributed by atoms with van der Waals surface area (Å²) in [5.41, 5.74) is 5.81. The second-order valence-electron chi connectivity index (χ2n) is 3.43. The molecule has 1 unspecified atom stereocenters. The minimum atomic E-state index is 0.0475. The van der Waals surface area contributed by atoms with Crippen LogP contribution in [0.3, 0.4) is 0 Å². The zero-order valence-corrected chi connectivity index (χ0v) is 7.21. The van der Waals surface area contributed by atoms with Gasteiger partial charge in [-0.15, -0.1) is 0 Å². The van der Waals surface area contributed by atoms with Gasteiger partial charge in [0.05, 0.1) is 0 Å². The highest BCUT2D eigenvalue weighted by atomic mass is 16.1. The molecule has 2 N–H and O–H groups in total. The molecule has 64 valence electrons. The molecule has 0 aliphatic carbocycles. The largest absolute Gasteiger partial charge is 0.326 e. The number of likely N-dealkylation sites (N-methyl/N-ethyl adjacent to an activating group) is 1. The van der Waals surface area contributed by atoms with Gasteiger partial charge in [-0.25, -0.2) is 0 Å². The average Bonchev–Trinajstić information content (AvgIpc) is 1.85. The maximum atomic E-state index is 11.0. The van der Waals surface area contributed by atoms with E-state index in [2.05, 4.69) is 4.90 Å². The molecule has 0 aromatic carbocycles. The molecule has 0 saturated carbocycles. The third kappa shape index (κ3) is 2.01. The highest BCUT2D eigenvalue weighted by Gasteiger charge is 2.27. The van der Waals surface area contributed by atoms with Gasteiger partial charge in [0.1, 0.15) is 5.78 Å². The number of carbonyl (C=O) groups excluding carboxylic acids is 1. The summed E-state index contributed by atoms with van der Waals surface area (Å²) in [6, 6.07) is 0.0475. The Balaban J connectivity index is 2.50. The Morgan fingerprint density at radius 2 is 2.27 bits per heavy atom. The van der Waals surface area contributed by atoms with Crippen LogP contribution in [-0.2, 0) is 4.79 Å². The molecular weight excluding hydrogens is 140 g/mol. The van der Waals surface area contributed by atoms with Crippen molar-refractivity contribution in [3.63, 3.8) is 0 Å². The molecule has 1 saturated heterocycles. The Morgan fingerprint density at radius 1 is 1.64 bits per heavy atom. The summed E-state index contributed by atoms with van der Waals surface area (Å²) in [6.45, 7) is 3.48. The molecule has 1 aliphatic heterocycles. The van der Waals surface area contributed by atoms with Gasteiger partial charge in [0, 0.05) is 18.5 Å². The number of piperidine rings is 1. The maximum absolute atomic E-state index is 11.0.